The first-order valence-electron chi connectivity index (χ1n) is 11.1. The summed E-state index contributed by atoms with van der Waals surface area (Å²) in [4.78, 5) is 16.5. The van der Waals surface area contributed by atoms with Gasteiger partial charge in [-0.2, -0.15) is 0 Å². The average molecular weight is 415 g/mol. The molecular weight excluding hydrogens is 384 g/mol. The molecular formula is C27H30N2O2. The van der Waals surface area contributed by atoms with Crippen LogP contribution in [0.3, 0.4) is 0 Å². The molecule has 4 rings (SSSR count). The molecule has 3 aromatic rings. The van der Waals surface area contributed by atoms with Gasteiger partial charge in [0.25, 0.3) is 5.91 Å². The Morgan fingerprint density at radius 3 is 2.42 bits per heavy atom. The van der Waals surface area contributed by atoms with Crippen LogP contribution in [0.2, 0.25) is 0 Å². The highest BCUT2D eigenvalue weighted by molar-refractivity contribution is 5.94. The van der Waals surface area contributed by atoms with E-state index in [0.717, 1.165) is 36.3 Å². The molecule has 0 bridgehead atoms. The van der Waals surface area contributed by atoms with E-state index in [1.165, 1.54) is 11.1 Å². The molecule has 2 atom stereocenters. The number of nitrogens with zero attached hydrogens (tertiary/aromatic N) is 1. The molecule has 0 aliphatic heterocycles. The van der Waals surface area contributed by atoms with E-state index >= 15 is 0 Å². The van der Waals surface area contributed by atoms with Crippen molar-refractivity contribution < 1.29 is 9.53 Å². The smallest absolute Gasteiger partial charge is 0.251 e. The first-order valence-corrected chi connectivity index (χ1v) is 11.1. The van der Waals surface area contributed by atoms with Crippen LogP contribution in [0, 0.1) is 5.92 Å². The molecule has 160 valence electrons. The minimum atomic E-state index is 0.0418. The van der Waals surface area contributed by atoms with Gasteiger partial charge in [-0.3, -0.25) is 9.78 Å². The molecule has 1 N–H and O–H groups in total. The van der Waals surface area contributed by atoms with Crippen molar-refractivity contribution in [2.75, 3.05) is 0 Å². The van der Waals surface area contributed by atoms with Crippen molar-refractivity contribution in [3.05, 3.63) is 95.3 Å². The maximum atomic E-state index is 12.2. The summed E-state index contributed by atoms with van der Waals surface area (Å²) in [6, 6.07) is 22.6. The van der Waals surface area contributed by atoms with E-state index in [1.54, 1.807) is 6.20 Å². The standard InChI is InChI=1S/C27H30N2O2/c1-19(20(2)22-8-10-23(11-9-22)27(30)29-24-12-13-24)17-21-6-14-26(15-7-21)31-18-25-5-3-4-16-28-25/h3-11,14-16,19-20,24H,12-13,17-18H2,1-2H3,(H,29,30). The number of hydrogen-bond acceptors (Lipinski definition) is 3. The van der Waals surface area contributed by atoms with Crippen molar-refractivity contribution >= 4 is 5.91 Å². The molecule has 4 nitrogen and oxygen atoms in total. The van der Waals surface area contributed by atoms with Gasteiger partial charge >= 0.3 is 0 Å². The zero-order valence-corrected chi connectivity index (χ0v) is 18.3. The molecule has 1 amide bonds. The van der Waals surface area contributed by atoms with Crippen molar-refractivity contribution in [3.63, 3.8) is 0 Å². The van der Waals surface area contributed by atoms with Crippen molar-refractivity contribution in [1.82, 2.24) is 10.3 Å². The lowest BCUT2D eigenvalue weighted by atomic mass is 9.84. The Hall–Kier alpha value is -3.14. The van der Waals surface area contributed by atoms with Gasteiger partial charge in [0.05, 0.1) is 5.69 Å². The van der Waals surface area contributed by atoms with E-state index in [4.69, 9.17) is 4.74 Å². The van der Waals surface area contributed by atoms with E-state index in [-0.39, 0.29) is 5.91 Å². The van der Waals surface area contributed by atoms with Crippen LogP contribution in [0.1, 0.15) is 59.8 Å². The highest BCUT2D eigenvalue weighted by atomic mass is 16.5. The Morgan fingerprint density at radius 1 is 1.03 bits per heavy atom. The van der Waals surface area contributed by atoms with Gasteiger partial charge in [-0.1, -0.05) is 44.2 Å². The average Bonchev–Trinajstić information content (AvgIpc) is 3.63. The third kappa shape index (κ3) is 5.94. The van der Waals surface area contributed by atoms with Gasteiger partial charge in [-0.05, 0) is 78.6 Å². The van der Waals surface area contributed by atoms with Crippen LogP contribution in [-0.4, -0.2) is 16.9 Å². The SMILES string of the molecule is CC(Cc1ccc(OCc2ccccn2)cc1)C(C)c1ccc(C(=O)NC2CC2)cc1. The maximum Gasteiger partial charge on any atom is 0.251 e. The number of carbonyl (C=O) groups excluding carboxylic acids is 1. The minimum absolute atomic E-state index is 0.0418. The number of amides is 1. The van der Waals surface area contributed by atoms with Crippen molar-refractivity contribution in [3.8, 4) is 5.75 Å². The van der Waals surface area contributed by atoms with Crippen LogP contribution >= 0.6 is 0 Å². The fourth-order valence-electron chi connectivity index (χ4n) is 3.67. The van der Waals surface area contributed by atoms with Crippen molar-refractivity contribution in [2.45, 2.75) is 51.7 Å². The zero-order chi connectivity index (χ0) is 21.6. The first kappa shape index (κ1) is 21.1. The van der Waals surface area contributed by atoms with E-state index in [1.807, 2.05) is 42.5 Å². The Bertz CT molecular complexity index is 980. The topological polar surface area (TPSA) is 51.2 Å². The number of aromatic nitrogens is 1. The summed E-state index contributed by atoms with van der Waals surface area (Å²) in [5, 5.41) is 3.04. The van der Waals surface area contributed by atoms with Gasteiger partial charge in [0.15, 0.2) is 0 Å². The molecule has 2 unspecified atom stereocenters. The number of carbonyl (C=O) groups is 1. The van der Waals surface area contributed by atoms with Gasteiger partial charge < -0.3 is 10.1 Å². The molecule has 1 aliphatic carbocycles. The highest BCUT2D eigenvalue weighted by Gasteiger charge is 2.24. The van der Waals surface area contributed by atoms with Gasteiger partial charge in [-0.15, -0.1) is 0 Å². The number of rotatable bonds is 9. The fourth-order valence-corrected chi connectivity index (χ4v) is 3.67. The van der Waals surface area contributed by atoms with Gasteiger partial charge in [0, 0.05) is 17.8 Å². The predicted octanol–water partition coefficient (Wildman–Crippen LogP) is 5.54. The third-order valence-corrected chi connectivity index (χ3v) is 6.06. The molecule has 4 heteroatoms. The predicted molar refractivity (Wildman–Crippen MR) is 123 cm³/mol. The summed E-state index contributed by atoms with van der Waals surface area (Å²) in [5.41, 5.74) is 4.23. The summed E-state index contributed by atoms with van der Waals surface area (Å²) >= 11 is 0. The Kier molecular flexibility index (Phi) is 6.66. The molecule has 0 saturated heterocycles. The lowest BCUT2D eigenvalue weighted by Gasteiger charge is -2.21. The second-order valence-electron chi connectivity index (χ2n) is 8.59. The molecule has 1 aromatic heterocycles. The number of benzene rings is 2. The molecule has 0 radical (unpaired) electrons. The number of hydrogen-bond donors (Lipinski definition) is 1. The first-order chi connectivity index (χ1) is 15.1. The van der Waals surface area contributed by atoms with E-state index in [2.05, 4.69) is 48.4 Å². The Morgan fingerprint density at radius 2 is 1.77 bits per heavy atom. The lowest BCUT2D eigenvalue weighted by molar-refractivity contribution is 0.0951. The molecule has 1 heterocycles. The summed E-state index contributed by atoms with van der Waals surface area (Å²) in [5.74, 6) is 1.78. The van der Waals surface area contributed by atoms with Crippen LogP contribution in [0.5, 0.6) is 5.75 Å². The van der Waals surface area contributed by atoms with E-state index < -0.39 is 0 Å². The molecule has 1 fully saturated rings. The van der Waals surface area contributed by atoms with E-state index in [0.29, 0.717) is 24.5 Å². The van der Waals surface area contributed by atoms with Crippen LogP contribution in [0.15, 0.2) is 72.9 Å². The summed E-state index contributed by atoms with van der Waals surface area (Å²) in [6.07, 6.45) is 4.98. The fraction of sp³-hybridized carbons (Fsp3) is 0.333. The quantitative estimate of drug-likeness (QED) is 0.500. The molecule has 31 heavy (non-hydrogen) atoms. The molecule has 2 aromatic carbocycles. The van der Waals surface area contributed by atoms with Crippen LogP contribution in [-0.2, 0) is 13.0 Å². The van der Waals surface area contributed by atoms with E-state index in [9.17, 15) is 4.79 Å². The molecule has 0 spiro atoms. The summed E-state index contributed by atoms with van der Waals surface area (Å²) < 4.78 is 5.83. The number of nitrogens with one attached hydrogen (secondary N) is 1. The van der Waals surface area contributed by atoms with Gasteiger partial charge in [-0.25, -0.2) is 0 Å². The van der Waals surface area contributed by atoms with Crippen LogP contribution in [0.25, 0.3) is 0 Å². The Balaban J connectivity index is 1.29. The summed E-state index contributed by atoms with van der Waals surface area (Å²) in [6.45, 7) is 5.01. The van der Waals surface area contributed by atoms with Gasteiger partial charge in [0.1, 0.15) is 12.4 Å². The molecule has 1 saturated carbocycles. The second kappa shape index (κ2) is 9.78. The monoisotopic (exact) mass is 414 g/mol. The zero-order valence-electron chi connectivity index (χ0n) is 18.3. The van der Waals surface area contributed by atoms with Crippen LogP contribution < -0.4 is 10.1 Å². The van der Waals surface area contributed by atoms with Crippen molar-refractivity contribution in [1.29, 1.82) is 0 Å². The minimum Gasteiger partial charge on any atom is -0.487 e. The van der Waals surface area contributed by atoms with Crippen molar-refractivity contribution in [2.24, 2.45) is 5.92 Å². The largest absolute Gasteiger partial charge is 0.487 e. The second-order valence-corrected chi connectivity index (χ2v) is 8.59. The Labute approximate surface area is 184 Å². The summed E-state index contributed by atoms with van der Waals surface area (Å²) in [7, 11) is 0. The molecule has 1 aliphatic rings. The lowest BCUT2D eigenvalue weighted by Crippen LogP contribution is -2.25. The number of ether oxygens (including phenoxy) is 1. The highest BCUT2D eigenvalue weighted by Crippen LogP contribution is 2.28. The van der Waals surface area contributed by atoms with Gasteiger partial charge in [0.2, 0.25) is 0 Å². The normalized spacial score (nSPS) is 15.2. The third-order valence-electron chi connectivity index (χ3n) is 6.06. The number of pyridine rings is 1. The van der Waals surface area contributed by atoms with Crippen LogP contribution in [0.4, 0.5) is 0 Å². The maximum absolute atomic E-state index is 12.2.